The lowest BCUT2D eigenvalue weighted by Gasteiger charge is -2.09. The molecule has 0 bridgehead atoms. The molecule has 0 saturated heterocycles. The number of carbonyl (C=O) groups is 2. The van der Waals surface area contributed by atoms with Gasteiger partial charge in [-0.15, -0.1) is 10.2 Å². The van der Waals surface area contributed by atoms with Gasteiger partial charge in [0.05, 0.1) is 0 Å². The van der Waals surface area contributed by atoms with Crippen LogP contribution in [0.2, 0.25) is 0 Å². The molecule has 3 N–H and O–H groups in total. The highest BCUT2D eigenvalue weighted by atomic mass is 16.2. The number of nitrogens with one attached hydrogen (secondary N) is 1. The lowest BCUT2D eigenvalue weighted by molar-refractivity contribution is -0.118. The zero-order valence-electron chi connectivity index (χ0n) is 11.2. The van der Waals surface area contributed by atoms with Gasteiger partial charge in [-0.25, -0.2) is 0 Å². The molecule has 19 heavy (non-hydrogen) atoms. The molecule has 0 aliphatic carbocycles. The van der Waals surface area contributed by atoms with E-state index in [2.05, 4.69) is 15.5 Å². The van der Waals surface area contributed by atoms with Crippen molar-refractivity contribution in [3.8, 4) is 0 Å². The van der Waals surface area contributed by atoms with Crippen LogP contribution in [0.1, 0.15) is 29.8 Å². The second-order valence-electron chi connectivity index (χ2n) is 4.35. The first-order valence-electron chi connectivity index (χ1n) is 6.08. The van der Waals surface area contributed by atoms with Gasteiger partial charge in [-0.05, 0) is 25.0 Å². The van der Waals surface area contributed by atoms with Crippen LogP contribution in [0.4, 0.5) is 5.82 Å². The van der Waals surface area contributed by atoms with Crippen LogP contribution in [0.25, 0.3) is 0 Å². The molecule has 1 rings (SSSR count). The first kappa shape index (κ1) is 14.9. The molecule has 0 aliphatic rings. The van der Waals surface area contributed by atoms with Gasteiger partial charge < -0.3 is 16.0 Å². The number of primary amides is 1. The lowest BCUT2D eigenvalue weighted by Crippen LogP contribution is -2.23. The monoisotopic (exact) mass is 265 g/mol. The number of hydrogen-bond acceptors (Lipinski definition) is 5. The number of anilines is 1. The Balaban J connectivity index is 2.36. The second kappa shape index (κ2) is 7.30. The van der Waals surface area contributed by atoms with E-state index in [1.54, 1.807) is 26.2 Å². The summed E-state index contributed by atoms with van der Waals surface area (Å²) in [6, 6.07) is 3.33. The summed E-state index contributed by atoms with van der Waals surface area (Å²) in [7, 11) is 3.32. The predicted molar refractivity (Wildman–Crippen MR) is 71.6 cm³/mol. The van der Waals surface area contributed by atoms with Crippen LogP contribution in [-0.2, 0) is 4.79 Å². The van der Waals surface area contributed by atoms with Crippen molar-refractivity contribution in [2.45, 2.75) is 19.3 Å². The Hall–Kier alpha value is -2.18. The number of rotatable bonds is 7. The smallest absolute Gasteiger partial charge is 0.273 e. The zero-order chi connectivity index (χ0) is 14.3. The standard InChI is InChI=1S/C12H19N5O2/c1-17(2)12(19)9-6-7-11(16-15-9)14-8-4-3-5-10(13)18/h6-7H,3-5,8H2,1-2H3,(H2,13,18)(H,14,16). The van der Waals surface area contributed by atoms with E-state index in [-0.39, 0.29) is 11.8 Å². The van der Waals surface area contributed by atoms with Crippen molar-refractivity contribution in [2.24, 2.45) is 5.73 Å². The fraction of sp³-hybridized carbons (Fsp3) is 0.500. The van der Waals surface area contributed by atoms with Crippen molar-refractivity contribution in [3.63, 3.8) is 0 Å². The molecule has 104 valence electrons. The average molecular weight is 265 g/mol. The fourth-order valence-corrected chi connectivity index (χ4v) is 1.41. The summed E-state index contributed by atoms with van der Waals surface area (Å²) < 4.78 is 0. The summed E-state index contributed by atoms with van der Waals surface area (Å²) in [5.41, 5.74) is 5.35. The maximum absolute atomic E-state index is 11.6. The molecule has 0 spiro atoms. The first-order valence-corrected chi connectivity index (χ1v) is 6.08. The van der Waals surface area contributed by atoms with Gasteiger partial charge in [0, 0.05) is 27.1 Å². The van der Waals surface area contributed by atoms with Crippen LogP contribution in [-0.4, -0.2) is 47.6 Å². The summed E-state index contributed by atoms with van der Waals surface area (Å²) in [6.45, 7) is 0.683. The minimum atomic E-state index is -0.286. The van der Waals surface area contributed by atoms with Crippen molar-refractivity contribution in [3.05, 3.63) is 17.8 Å². The molecule has 7 heteroatoms. The zero-order valence-corrected chi connectivity index (χ0v) is 11.2. The Labute approximate surface area is 112 Å². The first-order chi connectivity index (χ1) is 9.00. The fourth-order valence-electron chi connectivity index (χ4n) is 1.41. The maximum Gasteiger partial charge on any atom is 0.273 e. The topological polar surface area (TPSA) is 101 Å². The van der Waals surface area contributed by atoms with E-state index in [1.165, 1.54) is 4.90 Å². The maximum atomic E-state index is 11.6. The minimum Gasteiger partial charge on any atom is -0.370 e. The summed E-state index contributed by atoms with van der Waals surface area (Å²) in [5.74, 6) is 0.140. The van der Waals surface area contributed by atoms with Crippen molar-refractivity contribution in [1.82, 2.24) is 15.1 Å². The highest BCUT2D eigenvalue weighted by Crippen LogP contribution is 2.04. The van der Waals surface area contributed by atoms with Gasteiger partial charge in [0.2, 0.25) is 5.91 Å². The van der Waals surface area contributed by atoms with Gasteiger partial charge in [0.25, 0.3) is 5.91 Å². The third kappa shape index (κ3) is 5.33. The van der Waals surface area contributed by atoms with Crippen LogP contribution in [0, 0.1) is 0 Å². The lowest BCUT2D eigenvalue weighted by atomic mass is 10.2. The Kier molecular flexibility index (Phi) is 5.72. The molecular weight excluding hydrogens is 246 g/mol. The van der Waals surface area contributed by atoms with E-state index in [1.807, 2.05) is 0 Å². The number of carbonyl (C=O) groups excluding carboxylic acids is 2. The summed E-state index contributed by atoms with van der Waals surface area (Å²) in [6.07, 6.45) is 1.96. The SMILES string of the molecule is CN(C)C(=O)c1ccc(NCCCCC(N)=O)nn1. The number of nitrogens with two attached hydrogens (primary N) is 1. The Bertz CT molecular complexity index is 430. The Morgan fingerprint density at radius 3 is 2.53 bits per heavy atom. The highest BCUT2D eigenvalue weighted by molar-refractivity contribution is 5.91. The van der Waals surface area contributed by atoms with E-state index in [0.717, 1.165) is 12.8 Å². The molecule has 2 amide bonds. The van der Waals surface area contributed by atoms with Gasteiger partial charge in [-0.1, -0.05) is 0 Å². The third-order valence-electron chi connectivity index (χ3n) is 2.45. The van der Waals surface area contributed by atoms with E-state index in [9.17, 15) is 9.59 Å². The number of hydrogen-bond donors (Lipinski definition) is 2. The molecule has 1 heterocycles. The van der Waals surface area contributed by atoms with Gasteiger partial charge in [-0.3, -0.25) is 9.59 Å². The van der Waals surface area contributed by atoms with Gasteiger partial charge in [0.15, 0.2) is 5.69 Å². The van der Waals surface area contributed by atoms with Crippen LogP contribution in [0.15, 0.2) is 12.1 Å². The number of amides is 2. The summed E-state index contributed by atoms with van der Waals surface area (Å²) >= 11 is 0. The minimum absolute atomic E-state index is 0.180. The van der Waals surface area contributed by atoms with E-state index < -0.39 is 0 Å². The molecule has 0 unspecified atom stereocenters. The molecule has 0 radical (unpaired) electrons. The summed E-state index contributed by atoms with van der Waals surface area (Å²) in [5, 5.41) is 10.8. The van der Waals surface area contributed by atoms with Crippen molar-refractivity contribution >= 4 is 17.6 Å². The molecular formula is C12H19N5O2. The number of aromatic nitrogens is 2. The van der Waals surface area contributed by atoms with Crippen LogP contribution in [0.5, 0.6) is 0 Å². The molecule has 0 aromatic carbocycles. The molecule has 0 aliphatic heterocycles. The molecule has 0 fully saturated rings. The largest absolute Gasteiger partial charge is 0.370 e. The molecule has 7 nitrogen and oxygen atoms in total. The van der Waals surface area contributed by atoms with E-state index in [4.69, 9.17) is 5.73 Å². The number of nitrogens with zero attached hydrogens (tertiary/aromatic N) is 3. The highest BCUT2D eigenvalue weighted by Gasteiger charge is 2.09. The quantitative estimate of drug-likeness (QED) is 0.688. The molecule has 1 aromatic rings. The molecule has 0 saturated carbocycles. The Morgan fingerprint density at radius 1 is 1.26 bits per heavy atom. The van der Waals surface area contributed by atoms with E-state index >= 15 is 0 Å². The molecule has 0 atom stereocenters. The van der Waals surface area contributed by atoms with Crippen molar-refractivity contribution < 1.29 is 9.59 Å². The Morgan fingerprint density at radius 2 is 2.00 bits per heavy atom. The van der Waals surface area contributed by atoms with Crippen molar-refractivity contribution in [2.75, 3.05) is 26.0 Å². The normalized spacial score (nSPS) is 10.0. The molecule has 1 aromatic heterocycles. The predicted octanol–water partition coefficient (Wildman–Crippen LogP) is 0.246. The summed E-state index contributed by atoms with van der Waals surface area (Å²) in [4.78, 5) is 23.6. The van der Waals surface area contributed by atoms with Gasteiger partial charge >= 0.3 is 0 Å². The van der Waals surface area contributed by atoms with Gasteiger partial charge in [-0.2, -0.15) is 0 Å². The van der Waals surface area contributed by atoms with E-state index in [0.29, 0.717) is 24.5 Å². The van der Waals surface area contributed by atoms with Crippen LogP contribution in [0.3, 0.4) is 0 Å². The third-order valence-corrected chi connectivity index (χ3v) is 2.45. The van der Waals surface area contributed by atoms with Crippen molar-refractivity contribution in [1.29, 1.82) is 0 Å². The van der Waals surface area contributed by atoms with Crippen LogP contribution >= 0.6 is 0 Å². The second-order valence-corrected chi connectivity index (χ2v) is 4.35. The van der Waals surface area contributed by atoms with Gasteiger partial charge in [0.1, 0.15) is 5.82 Å². The van der Waals surface area contributed by atoms with Crippen LogP contribution < -0.4 is 11.1 Å². The average Bonchev–Trinajstić information content (AvgIpc) is 2.37. The number of unbranched alkanes of at least 4 members (excludes halogenated alkanes) is 1.